The van der Waals surface area contributed by atoms with Crippen LogP contribution in [0.5, 0.6) is 0 Å². The summed E-state index contributed by atoms with van der Waals surface area (Å²) >= 11 is 0. The van der Waals surface area contributed by atoms with E-state index in [0.717, 1.165) is 13.1 Å². The van der Waals surface area contributed by atoms with E-state index in [0.29, 0.717) is 11.8 Å². The van der Waals surface area contributed by atoms with Crippen LogP contribution in [-0.4, -0.2) is 28.1 Å². The van der Waals surface area contributed by atoms with Gasteiger partial charge in [-0.25, -0.2) is 0 Å². The molecule has 0 radical (unpaired) electrons. The second kappa shape index (κ2) is 3.69. The van der Waals surface area contributed by atoms with Gasteiger partial charge in [0, 0.05) is 19.5 Å². The van der Waals surface area contributed by atoms with Crippen molar-refractivity contribution in [2.45, 2.75) is 32.1 Å². The molecule has 0 saturated carbocycles. The van der Waals surface area contributed by atoms with Gasteiger partial charge in [0.25, 0.3) is 0 Å². The minimum atomic E-state index is 0.505. The van der Waals surface area contributed by atoms with Crippen molar-refractivity contribution in [3.05, 3.63) is 11.4 Å². The minimum Gasteiger partial charge on any atom is -0.316 e. The van der Waals surface area contributed by atoms with Crippen molar-refractivity contribution < 1.29 is 0 Å². The normalized spacial score (nSPS) is 22.1. The summed E-state index contributed by atoms with van der Waals surface area (Å²) in [7, 11) is 1.98. The molecule has 1 N–H and O–H groups in total. The highest BCUT2D eigenvalue weighted by molar-refractivity contribution is 5.20. The first-order valence-electron chi connectivity index (χ1n) is 5.30. The van der Waals surface area contributed by atoms with Crippen molar-refractivity contribution >= 4 is 0 Å². The van der Waals surface area contributed by atoms with Crippen LogP contribution in [0.2, 0.25) is 0 Å². The Morgan fingerprint density at radius 1 is 1.50 bits per heavy atom. The van der Waals surface area contributed by atoms with Crippen LogP contribution < -0.4 is 5.32 Å². The van der Waals surface area contributed by atoms with Gasteiger partial charge in [-0.05, 0) is 18.9 Å². The molecule has 4 heteroatoms. The molecule has 78 valence electrons. The highest BCUT2D eigenvalue weighted by Gasteiger charge is 2.25. The lowest BCUT2D eigenvalue weighted by atomic mass is 9.98. The summed E-state index contributed by atoms with van der Waals surface area (Å²) in [6, 6.07) is 0. The summed E-state index contributed by atoms with van der Waals surface area (Å²) in [4.78, 5) is 0. The predicted octanol–water partition coefficient (Wildman–Crippen LogP) is 1.02. The van der Waals surface area contributed by atoms with Gasteiger partial charge in [0.15, 0.2) is 0 Å². The Hall–Kier alpha value is -0.900. The van der Waals surface area contributed by atoms with Crippen LogP contribution in [0.15, 0.2) is 0 Å². The molecule has 1 fully saturated rings. The number of hydrogen-bond acceptors (Lipinski definition) is 3. The van der Waals surface area contributed by atoms with Gasteiger partial charge in [-0.1, -0.05) is 19.1 Å². The molecule has 0 aromatic carbocycles. The molecule has 14 heavy (non-hydrogen) atoms. The Morgan fingerprint density at radius 3 is 2.86 bits per heavy atom. The maximum Gasteiger partial charge on any atom is 0.0905 e. The van der Waals surface area contributed by atoms with Gasteiger partial charge in [-0.2, -0.15) is 0 Å². The summed E-state index contributed by atoms with van der Waals surface area (Å²) in [5.41, 5.74) is 2.49. The van der Waals surface area contributed by atoms with Crippen molar-refractivity contribution in [2.24, 2.45) is 7.05 Å². The highest BCUT2D eigenvalue weighted by Crippen LogP contribution is 2.27. The molecular formula is C10H18N4. The average molecular weight is 194 g/mol. The van der Waals surface area contributed by atoms with E-state index in [9.17, 15) is 0 Å². The van der Waals surface area contributed by atoms with Crippen molar-refractivity contribution in [1.82, 2.24) is 20.3 Å². The van der Waals surface area contributed by atoms with Gasteiger partial charge >= 0.3 is 0 Å². The third-order valence-corrected chi connectivity index (χ3v) is 2.89. The van der Waals surface area contributed by atoms with Gasteiger partial charge in [-0.15, -0.1) is 5.10 Å². The fourth-order valence-corrected chi connectivity index (χ4v) is 2.23. The number of hydrogen-bond donors (Lipinski definition) is 1. The van der Waals surface area contributed by atoms with Gasteiger partial charge in [0.2, 0.25) is 0 Å². The third-order valence-electron chi connectivity index (χ3n) is 2.89. The Bertz CT molecular complexity index is 310. The maximum absolute atomic E-state index is 4.29. The van der Waals surface area contributed by atoms with Crippen molar-refractivity contribution in [3.63, 3.8) is 0 Å². The maximum atomic E-state index is 4.29. The first-order chi connectivity index (χ1) is 6.70. The summed E-state index contributed by atoms with van der Waals surface area (Å²) in [5, 5.41) is 11.8. The van der Waals surface area contributed by atoms with Crippen LogP contribution in [0.4, 0.5) is 0 Å². The molecule has 0 spiro atoms. The lowest BCUT2D eigenvalue weighted by Gasteiger charge is -2.11. The molecule has 0 aliphatic carbocycles. The predicted molar refractivity (Wildman–Crippen MR) is 55.3 cm³/mol. The van der Waals surface area contributed by atoms with Gasteiger partial charge in [-0.3, -0.25) is 4.68 Å². The highest BCUT2D eigenvalue weighted by atomic mass is 15.4. The van der Waals surface area contributed by atoms with Crippen molar-refractivity contribution in [3.8, 4) is 0 Å². The lowest BCUT2D eigenvalue weighted by Crippen LogP contribution is -2.10. The smallest absolute Gasteiger partial charge is 0.0905 e. The Labute approximate surface area is 84.7 Å². The number of aromatic nitrogens is 3. The summed E-state index contributed by atoms with van der Waals surface area (Å²) < 4.78 is 1.92. The van der Waals surface area contributed by atoms with Crippen LogP contribution in [0.3, 0.4) is 0 Å². The quantitative estimate of drug-likeness (QED) is 0.764. The van der Waals surface area contributed by atoms with E-state index in [1.807, 2.05) is 11.7 Å². The van der Waals surface area contributed by atoms with E-state index < -0.39 is 0 Å². The summed E-state index contributed by atoms with van der Waals surface area (Å²) in [6.45, 7) is 6.56. The zero-order valence-corrected chi connectivity index (χ0v) is 9.12. The SMILES string of the molecule is CC(C)c1c(C2CCNC2)nnn1C. The molecule has 0 amide bonds. The molecule has 1 saturated heterocycles. The second-order valence-electron chi connectivity index (χ2n) is 4.33. The average Bonchev–Trinajstić information content (AvgIpc) is 2.70. The molecule has 1 aliphatic heterocycles. The first-order valence-corrected chi connectivity index (χ1v) is 5.30. The number of aryl methyl sites for hydroxylation is 1. The Balaban J connectivity index is 2.32. The fourth-order valence-electron chi connectivity index (χ4n) is 2.23. The van der Waals surface area contributed by atoms with Gasteiger partial charge in [0.1, 0.15) is 0 Å². The van der Waals surface area contributed by atoms with E-state index in [1.54, 1.807) is 0 Å². The van der Waals surface area contributed by atoms with E-state index in [-0.39, 0.29) is 0 Å². The topological polar surface area (TPSA) is 42.7 Å². The molecule has 1 aromatic heterocycles. The number of nitrogens with zero attached hydrogens (tertiary/aromatic N) is 3. The largest absolute Gasteiger partial charge is 0.316 e. The molecule has 0 bridgehead atoms. The molecule has 1 aliphatic rings. The van der Waals surface area contributed by atoms with Gasteiger partial charge < -0.3 is 5.32 Å². The molecular weight excluding hydrogens is 176 g/mol. The molecule has 2 rings (SSSR count). The van der Waals surface area contributed by atoms with Gasteiger partial charge in [0.05, 0.1) is 11.4 Å². The standard InChI is InChI=1S/C10H18N4/c1-7(2)10-9(12-13-14(10)3)8-4-5-11-6-8/h7-8,11H,4-6H2,1-3H3. The number of rotatable bonds is 2. The van der Waals surface area contributed by atoms with Crippen LogP contribution in [0.1, 0.15) is 43.5 Å². The number of nitrogens with one attached hydrogen (secondary N) is 1. The fraction of sp³-hybridized carbons (Fsp3) is 0.800. The van der Waals surface area contributed by atoms with E-state index in [4.69, 9.17) is 0 Å². The zero-order chi connectivity index (χ0) is 10.1. The molecule has 1 atom stereocenters. The van der Waals surface area contributed by atoms with E-state index in [2.05, 4.69) is 29.5 Å². The summed E-state index contributed by atoms with van der Waals surface area (Å²) in [6.07, 6.45) is 1.19. The van der Waals surface area contributed by atoms with Crippen LogP contribution in [0, 0.1) is 0 Å². The van der Waals surface area contributed by atoms with Crippen LogP contribution in [0.25, 0.3) is 0 Å². The summed E-state index contributed by atoms with van der Waals surface area (Å²) in [5.74, 6) is 1.08. The monoisotopic (exact) mass is 194 g/mol. The molecule has 1 aromatic rings. The van der Waals surface area contributed by atoms with Crippen molar-refractivity contribution in [2.75, 3.05) is 13.1 Å². The molecule has 2 heterocycles. The zero-order valence-electron chi connectivity index (χ0n) is 9.12. The van der Waals surface area contributed by atoms with Crippen molar-refractivity contribution in [1.29, 1.82) is 0 Å². The third kappa shape index (κ3) is 1.54. The van der Waals surface area contributed by atoms with Crippen LogP contribution >= 0.6 is 0 Å². The first kappa shape index (κ1) is 9.65. The Morgan fingerprint density at radius 2 is 2.29 bits per heavy atom. The lowest BCUT2D eigenvalue weighted by molar-refractivity contribution is 0.644. The van der Waals surface area contributed by atoms with E-state index in [1.165, 1.54) is 17.8 Å². The minimum absolute atomic E-state index is 0.505. The van der Waals surface area contributed by atoms with E-state index >= 15 is 0 Å². The van der Waals surface area contributed by atoms with Crippen LogP contribution in [-0.2, 0) is 7.05 Å². The molecule has 1 unspecified atom stereocenters. The molecule has 4 nitrogen and oxygen atoms in total. The Kier molecular flexibility index (Phi) is 2.54. The second-order valence-corrected chi connectivity index (χ2v) is 4.33.